The summed E-state index contributed by atoms with van der Waals surface area (Å²) in [5.41, 5.74) is 7.17. The average Bonchev–Trinajstić information content (AvgIpc) is 2.70. The highest BCUT2D eigenvalue weighted by Gasteiger charge is 2.00. The molecular formula is C11H12FN3OS. The lowest BCUT2D eigenvalue weighted by atomic mass is 10.2. The summed E-state index contributed by atoms with van der Waals surface area (Å²) in [4.78, 5) is 13.5. The number of aromatic amines is 1. The van der Waals surface area contributed by atoms with Gasteiger partial charge in [-0.05, 0) is 17.7 Å². The van der Waals surface area contributed by atoms with E-state index in [4.69, 9.17) is 5.73 Å². The Hall–Kier alpha value is -1.66. The van der Waals surface area contributed by atoms with Crippen LogP contribution in [0.3, 0.4) is 0 Å². The van der Waals surface area contributed by atoms with Crippen LogP contribution in [0.15, 0.2) is 28.4 Å². The Morgan fingerprint density at radius 2 is 2.24 bits per heavy atom. The molecule has 0 aliphatic rings. The van der Waals surface area contributed by atoms with Gasteiger partial charge in [-0.1, -0.05) is 17.4 Å². The molecule has 4 nitrogen and oxygen atoms in total. The van der Waals surface area contributed by atoms with Crippen molar-refractivity contribution in [3.8, 4) is 0 Å². The van der Waals surface area contributed by atoms with Crippen LogP contribution < -0.4 is 15.9 Å². The van der Waals surface area contributed by atoms with E-state index >= 15 is 0 Å². The Balaban J connectivity index is 1.89. The molecule has 0 saturated heterocycles. The maximum atomic E-state index is 13.1. The predicted molar refractivity (Wildman–Crippen MR) is 66.3 cm³/mol. The lowest BCUT2D eigenvalue weighted by Gasteiger charge is -2.04. The number of aromatic nitrogens is 1. The summed E-state index contributed by atoms with van der Waals surface area (Å²) in [5.74, 6) is -0.409. The molecule has 0 amide bonds. The van der Waals surface area contributed by atoms with Crippen LogP contribution in [0.5, 0.6) is 0 Å². The van der Waals surface area contributed by atoms with Gasteiger partial charge in [0.2, 0.25) is 0 Å². The number of anilines is 1. The number of thiazole rings is 1. The van der Waals surface area contributed by atoms with Gasteiger partial charge in [0.15, 0.2) is 0 Å². The minimum atomic E-state index is -0.409. The maximum Gasteiger partial charge on any atom is 0.304 e. The molecule has 2 rings (SSSR count). The molecule has 1 aromatic heterocycles. The molecule has 1 heterocycles. The standard InChI is InChI=1S/C11H12FN3OS/c12-9-3-7(1-2-10(9)13)4-14-5-8-6-17-11(16)15-8/h1-3,6,14H,4-5,13H2,(H,15,16). The molecule has 0 aliphatic heterocycles. The third-order valence-corrected chi connectivity index (χ3v) is 3.00. The summed E-state index contributed by atoms with van der Waals surface area (Å²) in [6.45, 7) is 1.07. The summed E-state index contributed by atoms with van der Waals surface area (Å²) in [7, 11) is 0. The first-order valence-corrected chi connectivity index (χ1v) is 5.94. The number of halogens is 1. The van der Waals surface area contributed by atoms with Gasteiger partial charge >= 0.3 is 4.87 Å². The number of nitrogens with one attached hydrogen (secondary N) is 2. The Bertz CT molecular complexity index is 564. The first-order valence-electron chi connectivity index (χ1n) is 5.06. The van der Waals surface area contributed by atoms with E-state index in [1.807, 2.05) is 0 Å². The minimum absolute atomic E-state index is 0.0691. The molecule has 0 radical (unpaired) electrons. The van der Waals surface area contributed by atoms with Crippen molar-refractivity contribution >= 4 is 17.0 Å². The van der Waals surface area contributed by atoms with E-state index < -0.39 is 5.82 Å². The molecule has 6 heteroatoms. The van der Waals surface area contributed by atoms with Crippen molar-refractivity contribution in [2.24, 2.45) is 0 Å². The minimum Gasteiger partial charge on any atom is -0.396 e. The van der Waals surface area contributed by atoms with Crippen molar-refractivity contribution in [2.75, 3.05) is 5.73 Å². The van der Waals surface area contributed by atoms with Gasteiger partial charge in [-0.2, -0.15) is 0 Å². The molecular weight excluding hydrogens is 241 g/mol. The van der Waals surface area contributed by atoms with Crippen LogP contribution in [0.1, 0.15) is 11.3 Å². The van der Waals surface area contributed by atoms with Crippen LogP contribution in [0.4, 0.5) is 10.1 Å². The second-order valence-electron chi connectivity index (χ2n) is 3.63. The van der Waals surface area contributed by atoms with Crippen molar-refractivity contribution < 1.29 is 4.39 Å². The zero-order chi connectivity index (χ0) is 12.3. The molecule has 0 fully saturated rings. The second kappa shape index (κ2) is 5.11. The monoisotopic (exact) mass is 253 g/mol. The van der Waals surface area contributed by atoms with Gasteiger partial charge in [0, 0.05) is 24.2 Å². The van der Waals surface area contributed by atoms with Crippen molar-refractivity contribution in [1.29, 1.82) is 0 Å². The average molecular weight is 253 g/mol. The van der Waals surface area contributed by atoms with Crippen LogP contribution in [0, 0.1) is 5.82 Å². The first-order chi connectivity index (χ1) is 8.15. The number of nitrogens with two attached hydrogens (primary N) is 1. The Morgan fingerprint density at radius 1 is 1.41 bits per heavy atom. The van der Waals surface area contributed by atoms with Gasteiger partial charge in [-0.3, -0.25) is 4.79 Å². The molecule has 0 unspecified atom stereocenters. The van der Waals surface area contributed by atoms with Crippen LogP contribution in [0.25, 0.3) is 0 Å². The van der Waals surface area contributed by atoms with Crippen LogP contribution >= 0.6 is 11.3 Å². The SMILES string of the molecule is Nc1ccc(CNCc2csc(=O)[nH]2)cc1F. The highest BCUT2D eigenvalue weighted by atomic mass is 32.1. The fraction of sp³-hybridized carbons (Fsp3) is 0.182. The summed E-state index contributed by atoms with van der Waals surface area (Å²) >= 11 is 1.13. The third kappa shape index (κ3) is 3.15. The normalized spacial score (nSPS) is 10.6. The van der Waals surface area contributed by atoms with E-state index in [1.165, 1.54) is 6.07 Å². The molecule has 0 bridgehead atoms. The predicted octanol–water partition coefficient (Wildman–Crippen LogP) is 1.45. The molecule has 0 aliphatic carbocycles. The Kier molecular flexibility index (Phi) is 3.55. The van der Waals surface area contributed by atoms with Gasteiger partial charge < -0.3 is 16.0 Å². The fourth-order valence-electron chi connectivity index (χ4n) is 1.42. The van der Waals surface area contributed by atoms with Gasteiger partial charge in [0.25, 0.3) is 0 Å². The summed E-state index contributed by atoms with van der Waals surface area (Å²) in [6.07, 6.45) is 0. The van der Waals surface area contributed by atoms with E-state index in [9.17, 15) is 9.18 Å². The van der Waals surface area contributed by atoms with E-state index in [0.717, 1.165) is 22.6 Å². The highest BCUT2D eigenvalue weighted by molar-refractivity contribution is 7.07. The highest BCUT2D eigenvalue weighted by Crippen LogP contribution is 2.11. The molecule has 0 spiro atoms. The molecule has 0 atom stereocenters. The summed E-state index contributed by atoms with van der Waals surface area (Å²) < 4.78 is 13.1. The van der Waals surface area contributed by atoms with E-state index in [0.29, 0.717) is 13.1 Å². The quantitative estimate of drug-likeness (QED) is 0.722. The van der Waals surface area contributed by atoms with Crippen LogP contribution in [0.2, 0.25) is 0 Å². The molecule has 1 aromatic carbocycles. The van der Waals surface area contributed by atoms with E-state index in [2.05, 4.69) is 10.3 Å². The van der Waals surface area contributed by atoms with Crippen LogP contribution in [-0.4, -0.2) is 4.98 Å². The number of hydrogen-bond donors (Lipinski definition) is 3. The van der Waals surface area contributed by atoms with Crippen molar-refractivity contribution in [3.05, 3.63) is 50.3 Å². The van der Waals surface area contributed by atoms with Crippen molar-refractivity contribution in [3.63, 3.8) is 0 Å². The number of nitrogen functional groups attached to an aromatic ring is 1. The zero-order valence-electron chi connectivity index (χ0n) is 9.00. The Labute approximate surface area is 101 Å². The number of H-pyrrole nitrogens is 1. The second-order valence-corrected chi connectivity index (χ2v) is 4.48. The first kappa shape index (κ1) is 11.8. The Morgan fingerprint density at radius 3 is 2.88 bits per heavy atom. The van der Waals surface area contributed by atoms with Gasteiger partial charge in [0.1, 0.15) is 5.82 Å². The number of benzene rings is 1. The number of hydrogen-bond acceptors (Lipinski definition) is 4. The lowest BCUT2D eigenvalue weighted by molar-refractivity contribution is 0.623. The van der Waals surface area contributed by atoms with Crippen molar-refractivity contribution in [2.45, 2.75) is 13.1 Å². The van der Waals surface area contributed by atoms with Gasteiger partial charge in [-0.15, -0.1) is 0 Å². The summed E-state index contributed by atoms with van der Waals surface area (Å²) in [6, 6.07) is 4.71. The van der Waals surface area contributed by atoms with Gasteiger partial charge in [-0.25, -0.2) is 4.39 Å². The lowest BCUT2D eigenvalue weighted by Crippen LogP contribution is -2.14. The molecule has 4 N–H and O–H groups in total. The molecule has 90 valence electrons. The van der Waals surface area contributed by atoms with E-state index in [-0.39, 0.29) is 10.6 Å². The van der Waals surface area contributed by atoms with E-state index in [1.54, 1.807) is 17.5 Å². The molecule has 2 aromatic rings. The van der Waals surface area contributed by atoms with Gasteiger partial charge in [0.05, 0.1) is 5.69 Å². The summed E-state index contributed by atoms with van der Waals surface area (Å²) in [5, 5.41) is 4.87. The maximum absolute atomic E-state index is 13.1. The fourth-order valence-corrected chi connectivity index (χ4v) is 2.00. The largest absolute Gasteiger partial charge is 0.396 e. The smallest absolute Gasteiger partial charge is 0.304 e. The topological polar surface area (TPSA) is 70.9 Å². The van der Waals surface area contributed by atoms with Crippen molar-refractivity contribution in [1.82, 2.24) is 10.3 Å². The zero-order valence-corrected chi connectivity index (χ0v) is 9.81. The number of rotatable bonds is 4. The third-order valence-electron chi connectivity index (χ3n) is 2.28. The molecule has 0 saturated carbocycles. The van der Waals surface area contributed by atoms with Crippen LogP contribution in [-0.2, 0) is 13.1 Å². The molecule has 17 heavy (non-hydrogen) atoms.